The van der Waals surface area contributed by atoms with Crippen LogP contribution in [0.15, 0.2) is 65.8 Å². The molecule has 0 bridgehead atoms. The van der Waals surface area contributed by atoms with E-state index in [-0.39, 0.29) is 10.6 Å². The quantitative estimate of drug-likeness (QED) is 0.511. The van der Waals surface area contributed by atoms with Gasteiger partial charge in [0.2, 0.25) is 10.0 Å². The SMILES string of the molecule is CNS(=O)(=O)c1cccc(Nc2cc(Nc3ccc(OC(F)F)cc3)ncn2)c1. The number of hydrogen-bond acceptors (Lipinski definition) is 7. The maximum Gasteiger partial charge on any atom is 0.387 e. The summed E-state index contributed by atoms with van der Waals surface area (Å²) in [6.07, 6.45) is 1.33. The van der Waals surface area contributed by atoms with E-state index in [9.17, 15) is 17.2 Å². The van der Waals surface area contributed by atoms with E-state index in [4.69, 9.17) is 0 Å². The Morgan fingerprint density at radius 1 is 0.931 bits per heavy atom. The number of benzene rings is 2. The molecule has 152 valence electrons. The zero-order valence-electron chi connectivity index (χ0n) is 15.1. The Morgan fingerprint density at radius 2 is 1.59 bits per heavy atom. The van der Waals surface area contributed by atoms with Gasteiger partial charge in [0, 0.05) is 17.4 Å². The summed E-state index contributed by atoms with van der Waals surface area (Å²) in [6, 6.07) is 13.8. The molecule has 1 heterocycles. The van der Waals surface area contributed by atoms with Gasteiger partial charge in [-0.15, -0.1) is 0 Å². The van der Waals surface area contributed by atoms with Crippen LogP contribution in [0.3, 0.4) is 0 Å². The van der Waals surface area contributed by atoms with Gasteiger partial charge in [0.1, 0.15) is 23.7 Å². The molecule has 2 aromatic carbocycles. The zero-order valence-corrected chi connectivity index (χ0v) is 16.0. The molecule has 8 nitrogen and oxygen atoms in total. The summed E-state index contributed by atoms with van der Waals surface area (Å²) in [4.78, 5) is 8.32. The van der Waals surface area contributed by atoms with Gasteiger partial charge in [-0.05, 0) is 49.5 Å². The highest BCUT2D eigenvalue weighted by atomic mass is 32.2. The number of sulfonamides is 1. The smallest absolute Gasteiger partial charge is 0.387 e. The maximum atomic E-state index is 12.2. The minimum atomic E-state index is -3.57. The minimum absolute atomic E-state index is 0.0481. The van der Waals surface area contributed by atoms with Crippen LogP contribution in [0.5, 0.6) is 5.75 Å². The van der Waals surface area contributed by atoms with Crippen molar-refractivity contribution in [3.8, 4) is 5.75 Å². The third-order valence-electron chi connectivity index (χ3n) is 3.70. The van der Waals surface area contributed by atoms with Crippen LogP contribution in [0, 0.1) is 0 Å². The fourth-order valence-electron chi connectivity index (χ4n) is 2.37. The highest BCUT2D eigenvalue weighted by Gasteiger charge is 2.11. The van der Waals surface area contributed by atoms with Crippen molar-refractivity contribution in [2.24, 2.45) is 0 Å². The second-order valence-corrected chi connectivity index (χ2v) is 7.56. The van der Waals surface area contributed by atoms with Crippen molar-refractivity contribution in [2.75, 3.05) is 17.7 Å². The van der Waals surface area contributed by atoms with Gasteiger partial charge in [-0.25, -0.2) is 23.1 Å². The Labute approximate surface area is 166 Å². The second-order valence-electron chi connectivity index (χ2n) is 5.68. The molecule has 3 aromatic rings. The Kier molecular flexibility index (Phi) is 6.20. The monoisotopic (exact) mass is 421 g/mol. The third-order valence-corrected chi connectivity index (χ3v) is 5.12. The second kappa shape index (κ2) is 8.80. The molecule has 0 fully saturated rings. The van der Waals surface area contributed by atoms with Crippen molar-refractivity contribution in [3.05, 3.63) is 60.9 Å². The van der Waals surface area contributed by atoms with Crippen molar-refractivity contribution < 1.29 is 21.9 Å². The maximum absolute atomic E-state index is 12.2. The van der Waals surface area contributed by atoms with Crippen LogP contribution in [0.2, 0.25) is 0 Å². The Balaban J connectivity index is 1.72. The molecule has 3 N–H and O–H groups in total. The van der Waals surface area contributed by atoms with Gasteiger partial charge in [-0.2, -0.15) is 8.78 Å². The standard InChI is InChI=1S/C18H17F2N5O3S/c1-21-29(26,27)15-4-2-3-13(9-15)25-17-10-16(22-11-23-17)24-12-5-7-14(8-6-12)28-18(19)20/h2-11,18,21H,1H3,(H2,22,23,24,25). The number of aromatic nitrogens is 2. The van der Waals surface area contributed by atoms with Gasteiger partial charge in [0.15, 0.2) is 0 Å². The molecular weight excluding hydrogens is 404 g/mol. The highest BCUT2D eigenvalue weighted by Crippen LogP contribution is 2.23. The van der Waals surface area contributed by atoms with Crippen molar-refractivity contribution >= 4 is 33.0 Å². The van der Waals surface area contributed by atoms with Crippen LogP contribution in [0.1, 0.15) is 0 Å². The Hall–Kier alpha value is -3.31. The molecule has 0 radical (unpaired) electrons. The largest absolute Gasteiger partial charge is 0.435 e. The van der Waals surface area contributed by atoms with Crippen molar-refractivity contribution in [1.29, 1.82) is 0 Å². The van der Waals surface area contributed by atoms with Crippen LogP contribution in [-0.2, 0) is 10.0 Å². The molecule has 0 aliphatic carbocycles. The summed E-state index contributed by atoms with van der Waals surface area (Å²) in [7, 11) is -2.23. The molecular formula is C18H17F2N5O3S. The Morgan fingerprint density at radius 3 is 2.21 bits per heavy atom. The predicted molar refractivity (Wildman–Crippen MR) is 104 cm³/mol. The van der Waals surface area contributed by atoms with E-state index >= 15 is 0 Å². The fourth-order valence-corrected chi connectivity index (χ4v) is 3.14. The lowest BCUT2D eigenvalue weighted by molar-refractivity contribution is -0.0498. The van der Waals surface area contributed by atoms with Gasteiger partial charge in [-0.3, -0.25) is 0 Å². The van der Waals surface area contributed by atoms with Crippen LogP contribution >= 0.6 is 0 Å². The van der Waals surface area contributed by atoms with Crippen molar-refractivity contribution in [3.63, 3.8) is 0 Å². The number of halogens is 2. The van der Waals surface area contributed by atoms with Gasteiger partial charge < -0.3 is 15.4 Å². The molecule has 0 aliphatic heterocycles. The summed E-state index contributed by atoms with van der Waals surface area (Å²) < 4.78 is 54.8. The molecule has 0 spiro atoms. The van der Waals surface area contributed by atoms with Crippen LogP contribution < -0.4 is 20.1 Å². The first-order valence-electron chi connectivity index (χ1n) is 8.30. The first-order chi connectivity index (χ1) is 13.9. The average Bonchev–Trinajstić information content (AvgIpc) is 2.70. The summed E-state index contributed by atoms with van der Waals surface area (Å²) in [5, 5.41) is 6.03. The van der Waals surface area contributed by atoms with E-state index in [1.54, 1.807) is 30.3 Å². The molecule has 3 rings (SSSR count). The molecule has 0 saturated carbocycles. The first kappa shape index (κ1) is 20.4. The summed E-state index contributed by atoms with van der Waals surface area (Å²) in [5.74, 6) is 0.926. The van der Waals surface area contributed by atoms with Gasteiger partial charge in [-0.1, -0.05) is 6.07 Å². The van der Waals surface area contributed by atoms with Crippen molar-refractivity contribution in [2.45, 2.75) is 11.5 Å². The third kappa shape index (κ3) is 5.59. The normalized spacial score (nSPS) is 11.3. The molecule has 0 aliphatic rings. The molecule has 0 amide bonds. The summed E-state index contributed by atoms with van der Waals surface area (Å²) >= 11 is 0. The zero-order chi connectivity index (χ0) is 20.9. The van der Waals surface area contributed by atoms with Crippen LogP contribution in [-0.4, -0.2) is 32.0 Å². The van der Waals surface area contributed by atoms with Gasteiger partial charge in [0.25, 0.3) is 0 Å². The molecule has 0 saturated heterocycles. The van der Waals surface area contributed by atoms with Crippen LogP contribution in [0.25, 0.3) is 0 Å². The number of hydrogen-bond donors (Lipinski definition) is 3. The van der Waals surface area contributed by atoms with E-state index in [1.807, 2.05) is 0 Å². The topological polar surface area (TPSA) is 105 Å². The molecule has 0 unspecified atom stereocenters. The number of nitrogens with one attached hydrogen (secondary N) is 3. The minimum Gasteiger partial charge on any atom is -0.435 e. The van der Waals surface area contributed by atoms with E-state index in [1.165, 1.54) is 37.6 Å². The number of ether oxygens (including phenoxy) is 1. The van der Waals surface area contributed by atoms with Gasteiger partial charge in [0.05, 0.1) is 4.90 Å². The highest BCUT2D eigenvalue weighted by molar-refractivity contribution is 7.89. The number of nitrogens with zero attached hydrogens (tertiary/aromatic N) is 2. The first-order valence-corrected chi connectivity index (χ1v) is 9.78. The molecule has 11 heteroatoms. The fraction of sp³-hybridized carbons (Fsp3) is 0.111. The van der Waals surface area contributed by atoms with E-state index < -0.39 is 16.6 Å². The van der Waals surface area contributed by atoms with E-state index in [0.717, 1.165) is 0 Å². The summed E-state index contributed by atoms with van der Waals surface area (Å²) in [5.41, 5.74) is 1.14. The summed E-state index contributed by atoms with van der Waals surface area (Å²) in [6.45, 7) is -2.88. The predicted octanol–water partition coefficient (Wildman–Crippen LogP) is 3.47. The molecule has 29 heavy (non-hydrogen) atoms. The molecule has 0 atom stereocenters. The number of anilines is 4. The van der Waals surface area contributed by atoms with Crippen LogP contribution in [0.4, 0.5) is 31.8 Å². The van der Waals surface area contributed by atoms with E-state index in [0.29, 0.717) is 23.0 Å². The van der Waals surface area contributed by atoms with Gasteiger partial charge >= 0.3 is 6.61 Å². The Bertz CT molecular complexity index is 1080. The average molecular weight is 421 g/mol. The number of alkyl halides is 2. The van der Waals surface area contributed by atoms with Crippen molar-refractivity contribution in [1.82, 2.24) is 14.7 Å². The van der Waals surface area contributed by atoms with E-state index in [2.05, 4.69) is 30.1 Å². The molecule has 1 aromatic heterocycles. The lowest BCUT2D eigenvalue weighted by Gasteiger charge is -2.10. The lowest BCUT2D eigenvalue weighted by Crippen LogP contribution is -2.18. The lowest BCUT2D eigenvalue weighted by atomic mass is 10.3. The number of rotatable bonds is 8.